The number of hydrogen-bond donors (Lipinski definition) is 0. The van der Waals surface area contributed by atoms with Crippen LogP contribution in [0.1, 0.15) is 11.3 Å². The molecule has 1 aromatic heterocycles. The van der Waals surface area contributed by atoms with Crippen LogP contribution in [0, 0.1) is 0 Å². The summed E-state index contributed by atoms with van der Waals surface area (Å²) >= 11 is 0. The van der Waals surface area contributed by atoms with Crippen LogP contribution < -0.4 is 4.74 Å². The zero-order valence-corrected chi connectivity index (χ0v) is 11.7. The Morgan fingerprint density at radius 1 is 1.00 bits per heavy atom. The summed E-state index contributed by atoms with van der Waals surface area (Å²) in [5.41, 5.74) is 1.88. The Bertz CT molecular complexity index is 869. The maximum atomic E-state index is 12.6. The zero-order valence-electron chi connectivity index (χ0n) is 11.7. The fourth-order valence-corrected chi connectivity index (χ4v) is 2.57. The first-order valence-electron chi connectivity index (χ1n) is 6.88. The fraction of sp³-hybridized carbons (Fsp3) is 0.125. The molecule has 0 radical (unpaired) electrons. The highest BCUT2D eigenvalue weighted by Crippen LogP contribution is 2.34. The van der Waals surface area contributed by atoms with Crippen molar-refractivity contribution in [3.8, 4) is 22.7 Å². The van der Waals surface area contributed by atoms with Crippen LogP contribution in [0.25, 0.3) is 16.9 Å². The van der Waals surface area contributed by atoms with Gasteiger partial charge < -0.3 is 4.74 Å². The lowest BCUT2D eigenvalue weighted by Crippen LogP contribution is -2.13. The Balaban J connectivity index is 1.77. The van der Waals surface area contributed by atoms with Gasteiger partial charge in [-0.3, -0.25) is 0 Å². The second-order valence-corrected chi connectivity index (χ2v) is 5.13. The summed E-state index contributed by atoms with van der Waals surface area (Å²) in [5.74, 6) is 0.698. The van der Waals surface area contributed by atoms with Gasteiger partial charge in [0.1, 0.15) is 29.4 Å². The van der Waals surface area contributed by atoms with Gasteiger partial charge in [0.15, 0.2) is 0 Å². The molecule has 0 bridgehead atoms. The van der Waals surface area contributed by atoms with Crippen LogP contribution in [-0.2, 0) is 12.8 Å². The molecule has 23 heavy (non-hydrogen) atoms. The molecule has 0 spiro atoms. The largest absolute Gasteiger partial charge is 0.485 e. The van der Waals surface area contributed by atoms with Crippen molar-refractivity contribution in [2.45, 2.75) is 12.8 Å². The first-order chi connectivity index (χ1) is 11.0. The highest BCUT2D eigenvalue weighted by molar-refractivity contribution is 5.64. The van der Waals surface area contributed by atoms with Crippen molar-refractivity contribution in [1.29, 1.82) is 0 Å². The third-order valence-electron chi connectivity index (χ3n) is 3.71. The predicted molar refractivity (Wildman–Crippen MR) is 76.1 cm³/mol. The Labute approximate surface area is 129 Å². The van der Waals surface area contributed by atoms with Gasteiger partial charge in [-0.05, 0) is 24.3 Å². The van der Waals surface area contributed by atoms with Crippen LogP contribution in [0.3, 0.4) is 0 Å². The van der Waals surface area contributed by atoms with E-state index in [-0.39, 0.29) is 6.61 Å². The number of aromatic nitrogens is 3. The monoisotopic (exact) mass is 317 g/mol. The van der Waals surface area contributed by atoms with E-state index in [4.69, 9.17) is 4.74 Å². The molecule has 0 aliphatic carbocycles. The summed E-state index contributed by atoms with van der Waals surface area (Å²) in [6.45, 7) is 0.264. The Morgan fingerprint density at radius 2 is 1.74 bits per heavy atom. The highest BCUT2D eigenvalue weighted by Gasteiger charge is 2.30. The van der Waals surface area contributed by atoms with Crippen molar-refractivity contribution in [2.75, 3.05) is 0 Å². The molecule has 116 valence electrons. The molecular formula is C16H10F3N3O. The molecular weight excluding hydrogens is 307 g/mol. The molecule has 1 aliphatic heterocycles. The van der Waals surface area contributed by atoms with Crippen molar-refractivity contribution in [3.63, 3.8) is 0 Å². The van der Waals surface area contributed by atoms with Gasteiger partial charge in [0.05, 0.1) is 5.56 Å². The van der Waals surface area contributed by atoms with Crippen LogP contribution in [0.4, 0.5) is 13.2 Å². The second kappa shape index (κ2) is 4.84. The van der Waals surface area contributed by atoms with Gasteiger partial charge in [0.25, 0.3) is 0 Å². The second-order valence-electron chi connectivity index (χ2n) is 5.13. The van der Waals surface area contributed by atoms with E-state index in [2.05, 4.69) is 10.3 Å². The summed E-state index contributed by atoms with van der Waals surface area (Å²) in [4.78, 5) is 0. The Hall–Kier alpha value is -2.83. The number of benzene rings is 2. The first kappa shape index (κ1) is 13.8. The predicted octanol–water partition coefficient (Wildman–Crippen LogP) is 3.85. The lowest BCUT2D eigenvalue weighted by molar-refractivity contribution is -0.137. The van der Waals surface area contributed by atoms with E-state index in [9.17, 15) is 13.2 Å². The minimum atomic E-state index is -4.35. The van der Waals surface area contributed by atoms with Crippen molar-refractivity contribution < 1.29 is 17.9 Å². The lowest BCUT2D eigenvalue weighted by atomic mass is 10.1. The molecule has 0 fully saturated rings. The van der Waals surface area contributed by atoms with Gasteiger partial charge >= 0.3 is 6.18 Å². The summed E-state index contributed by atoms with van der Waals surface area (Å²) in [6, 6.07) is 12.3. The van der Waals surface area contributed by atoms with Crippen molar-refractivity contribution in [1.82, 2.24) is 15.0 Å². The molecule has 7 heteroatoms. The summed E-state index contributed by atoms with van der Waals surface area (Å²) < 4.78 is 45.3. The van der Waals surface area contributed by atoms with Crippen LogP contribution in [0.15, 0.2) is 48.5 Å². The van der Waals surface area contributed by atoms with Gasteiger partial charge in [-0.1, -0.05) is 29.5 Å². The number of halogens is 3. The molecule has 4 rings (SSSR count). The third kappa shape index (κ3) is 2.25. The highest BCUT2D eigenvalue weighted by atomic mass is 19.4. The molecule has 3 aromatic rings. The zero-order chi connectivity index (χ0) is 16.0. The molecule has 0 saturated carbocycles. The van der Waals surface area contributed by atoms with E-state index in [1.165, 1.54) is 12.1 Å². The van der Waals surface area contributed by atoms with Crippen molar-refractivity contribution >= 4 is 0 Å². The van der Waals surface area contributed by atoms with Gasteiger partial charge in [-0.15, -0.1) is 5.10 Å². The number of alkyl halides is 3. The molecule has 0 N–H and O–H groups in total. The molecule has 0 unspecified atom stereocenters. The quantitative estimate of drug-likeness (QED) is 0.684. The van der Waals surface area contributed by atoms with Crippen LogP contribution >= 0.6 is 0 Å². The minimum Gasteiger partial charge on any atom is -0.485 e. The van der Waals surface area contributed by atoms with E-state index in [1.54, 1.807) is 4.68 Å². The van der Waals surface area contributed by atoms with Crippen molar-refractivity contribution in [3.05, 3.63) is 59.8 Å². The Morgan fingerprint density at radius 3 is 2.48 bits per heavy atom. The van der Waals surface area contributed by atoms with Crippen LogP contribution in [-0.4, -0.2) is 15.0 Å². The third-order valence-corrected chi connectivity index (χ3v) is 3.71. The fourth-order valence-electron chi connectivity index (χ4n) is 2.57. The van der Waals surface area contributed by atoms with Gasteiger partial charge in [-0.25, -0.2) is 4.68 Å². The maximum Gasteiger partial charge on any atom is 0.416 e. The number of fused-ring (bicyclic) bond motifs is 3. The van der Waals surface area contributed by atoms with E-state index >= 15 is 0 Å². The standard InChI is InChI=1S/C16H10F3N3O/c17-16(18,19)11-7-5-10(6-8-11)15-13-9-23-14-4-2-1-3-12(14)22(13)21-20-15/h1-8H,9H2. The Kier molecular flexibility index (Phi) is 2.90. The van der Waals surface area contributed by atoms with Gasteiger partial charge in [0.2, 0.25) is 0 Å². The summed E-state index contributed by atoms with van der Waals surface area (Å²) in [7, 11) is 0. The molecule has 2 heterocycles. The van der Waals surface area contributed by atoms with Crippen LogP contribution in [0.5, 0.6) is 5.75 Å². The lowest BCUT2D eigenvalue weighted by Gasteiger charge is -2.18. The van der Waals surface area contributed by atoms with Gasteiger partial charge in [0, 0.05) is 5.56 Å². The molecule has 0 amide bonds. The van der Waals surface area contributed by atoms with E-state index in [0.29, 0.717) is 22.7 Å². The van der Waals surface area contributed by atoms with Crippen molar-refractivity contribution in [2.24, 2.45) is 0 Å². The molecule has 0 saturated heterocycles. The summed E-state index contributed by atoms with van der Waals surface area (Å²) in [6.07, 6.45) is -4.35. The first-order valence-corrected chi connectivity index (χ1v) is 6.88. The van der Waals surface area contributed by atoms with E-state index in [1.807, 2.05) is 24.3 Å². The number of para-hydroxylation sites is 2. The smallest absolute Gasteiger partial charge is 0.416 e. The number of hydrogen-bond acceptors (Lipinski definition) is 3. The minimum absolute atomic E-state index is 0.264. The molecule has 1 aliphatic rings. The maximum absolute atomic E-state index is 12.6. The molecule has 4 nitrogen and oxygen atoms in total. The normalized spacial score (nSPS) is 13.2. The van der Waals surface area contributed by atoms with Gasteiger partial charge in [-0.2, -0.15) is 13.2 Å². The van der Waals surface area contributed by atoms with Crippen LogP contribution in [0.2, 0.25) is 0 Å². The average molecular weight is 317 g/mol. The average Bonchev–Trinajstić information content (AvgIpc) is 2.98. The molecule has 2 aromatic carbocycles. The summed E-state index contributed by atoms with van der Waals surface area (Å²) in [5, 5.41) is 8.22. The number of ether oxygens (including phenoxy) is 1. The number of nitrogens with zero attached hydrogens (tertiary/aromatic N) is 3. The van der Waals surface area contributed by atoms with E-state index < -0.39 is 11.7 Å². The van der Waals surface area contributed by atoms with E-state index in [0.717, 1.165) is 17.8 Å². The molecule has 0 atom stereocenters. The number of rotatable bonds is 1. The SMILES string of the molecule is FC(F)(F)c1ccc(-c2nnn3c2COc2ccccc2-3)cc1. The topological polar surface area (TPSA) is 39.9 Å².